The number of benzene rings is 3. The normalized spacial score (nSPS) is 17.6. The number of carbonyl (C=O) groups is 2. The van der Waals surface area contributed by atoms with E-state index in [1.165, 1.54) is 34.9 Å². The van der Waals surface area contributed by atoms with Crippen molar-refractivity contribution in [2.24, 2.45) is 0 Å². The number of sulfone groups is 1. The molecule has 1 aromatic heterocycles. The predicted octanol–water partition coefficient (Wildman–Crippen LogP) is 6.60. The molecule has 1 saturated carbocycles. The highest BCUT2D eigenvalue weighted by molar-refractivity contribution is 7.90. The van der Waals surface area contributed by atoms with Gasteiger partial charge in [0.15, 0.2) is 21.0 Å². The van der Waals surface area contributed by atoms with Crippen LogP contribution in [0, 0.1) is 0 Å². The zero-order valence-corrected chi connectivity index (χ0v) is 27.8. The van der Waals surface area contributed by atoms with E-state index in [0.717, 1.165) is 56.5 Å². The summed E-state index contributed by atoms with van der Waals surface area (Å²) in [6.45, 7) is 1.48. The monoisotopic (exact) mass is 672 g/mol. The number of carbonyl (C=O) groups excluding carboxylic acids is 2. The van der Waals surface area contributed by atoms with Crippen LogP contribution in [0.2, 0.25) is 5.02 Å². The summed E-state index contributed by atoms with van der Waals surface area (Å²) < 4.78 is 29.7. The van der Waals surface area contributed by atoms with Gasteiger partial charge in [0.05, 0.1) is 16.3 Å². The number of fused-ring (bicyclic) bond motifs is 1. The van der Waals surface area contributed by atoms with E-state index in [4.69, 9.17) is 16.0 Å². The smallest absolute Gasteiger partial charge is 0.287 e. The lowest BCUT2D eigenvalue weighted by molar-refractivity contribution is -0.128. The Kier molecular flexibility index (Phi) is 9.66. The maximum atomic E-state index is 13.5. The molecule has 1 saturated heterocycles. The molecule has 3 aromatic carbocycles. The number of nitrogens with one attached hydrogen (secondary N) is 1. The standard InChI is InChI=1S/C37H37ClN2O6S/c1-47(44,45)30-16-17-34-32(21-30)33(41)22-35(46-34)37(43)39-29(20-25-10-14-28(38)15-11-25)19-24-8-12-26(13-9-24)31-6-3-2-5-27(31)23-40-18-4-7-36(40)42/h2-3,5-6,10-11,14-17,19,21-22,26,29H,4,7-9,12-13,18,20,23H2,1H3,(H,39,43)/t26?,29-/m0/s1. The number of amides is 2. The van der Waals surface area contributed by atoms with Crippen LogP contribution in [0.25, 0.3) is 11.0 Å². The largest absolute Gasteiger partial charge is 0.451 e. The highest BCUT2D eigenvalue weighted by Gasteiger charge is 2.26. The van der Waals surface area contributed by atoms with E-state index in [1.54, 1.807) is 0 Å². The average molecular weight is 673 g/mol. The van der Waals surface area contributed by atoms with Crippen molar-refractivity contribution in [3.8, 4) is 0 Å². The van der Waals surface area contributed by atoms with Crippen LogP contribution in [-0.4, -0.2) is 44.0 Å². The van der Waals surface area contributed by atoms with Crippen molar-refractivity contribution in [3.05, 3.63) is 122 Å². The Hall–Kier alpha value is -4.21. The molecule has 1 N–H and O–H groups in total. The summed E-state index contributed by atoms with van der Waals surface area (Å²) in [5.74, 6) is -0.0658. The van der Waals surface area contributed by atoms with E-state index in [1.807, 2.05) is 35.2 Å². The number of allylic oxidation sites excluding steroid dienone is 1. The molecule has 1 aliphatic heterocycles. The first kappa shape index (κ1) is 32.7. The van der Waals surface area contributed by atoms with Gasteiger partial charge in [-0.05, 0) is 91.5 Å². The molecule has 2 fully saturated rings. The summed E-state index contributed by atoms with van der Waals surface area (Å²) in [6, 6.07) is 20.7. The highest BCUT2D eigenvalue weighted by Crippen LogP contribution is 2.37. The quantitative estimate of drug-likeness (QED) is 0.201. The third-order valence-corrected chi connectivity index (χ3v) is 10.5. The number of halogens is 1. The Morgan fingerprint density at radius 1 is 1.02 bits per heavy atom. The number of likely N-dealkylation sites (tertiary alicyclic amines) is 1. The fourth-order valence-electron chi connectivity index (χ4n) is 6.65. The van der Waals surface area contributed by atoms with Crippen LogP contribution in [0.1, 0.15) is 71.7 Å². The zero-order valence-electron chi connectivity index (χ0n) is 26.2. The summed E-state index contributed by atoms with van der Waals surface area (Å²) in [7, 11) is -3.52. The number of nitrogens with zero attached hydrogens (tertiary/aromatic N) is 1. The van der Waals surface area contributed by atoms with E-state index in [9.17, 15) is 22.8 Å². The van der Waals surface area contributed by atoms with Crippen LogP contribution in [0.5, 0.6) is 0 Å². The second kappa shape index (κ2) is 13.9. The fraction of sp³-hybridized carbons (Fsp3) is 0.324. The summed E-state index contributed by atoms with van der Waals surface area (Å²) in [5.41, 5.74) is 4.41. The van der Waals surface area contributed by atoms with Crippen LogP contribution < -0.4 is 10.7 Å². The molecule has 10 heteroatoms. The zero-order chi connectivity index (χ0) is 33.1. The maximum absolute atomic E-state index is 13.5. The Balaban J connectivity index is 1.20. The summed E-state index contributed by atoms with van der Waals surface area (Å²) >= 11 is 6.12. The molecule has 0 bridgehead atoms. The Morgan fingerprint density at radius 2 is 1.77 bits per heavy atom. The molecule has 2 heterocycles. The second-order valence-electron chi connectivity index (χ2n) is 12.5. The van der Waals surface area contributed by atoms with Gasteiger partial charge in [-0.1, -0.05) is 59.6 Å². The maximum Gasteiger partial charge on any atom is 0.287 e. The van der Waals surface area contributed by atoms with Crippen LogP contribution in [0.3, 0.4) is 0 Å². The first-order chi connectivity index (χ1) is 22.5. The van der Waals surface area contributed by atoms with Gasteiger partial charge in [-0.2, -0.15) is 0 Å². The van der Waals surface area contributed by atoms with Gasteiger partial charge in [0.1, 0.15) is 5.58 Å². The molecule has 244 valence electrons. The summed E-state index contributed by atoms with van der Waals surface area (Å²) in [4.78, 5) is 40.6. The highest BCUT2D eigenvalue weighted by atomic mass is 35.5. The average Bonchev–Trinajstić information content (AvgIpc) is 3.45. The lowest BCUT2D eigenvalue weighted by Gasteiger charge is -2.28. The van der Waals surface area contributed by atoms with Crippen LogP contribution in [-0.2, 0) is 27.6 Å². The lowest BCUT2D eigenvalue weighted by atomic mass is 9.79. The van der Waals surface area contributed by atoms with Gasteiger partial charge < -0.3 is 14.6 Å². The fourth-order valence-corrected chi connectivity index (χ4v) is 7.42. The van der Waals surface area contributed by atoms with Crippen LogP contribution >= 0.6 is 11.6 Å². The van der Waals surface area contributed by atoms with Crippen molar-refractivity contribution in [2.75, 3.05) is 12.8 Å². The molecule has 47 heavy (non-hydrogen) atoms. The first-order valence-corrected chi connectivity index (χ1v) is 18.2. The predicted molar refractivity (Wildman–Crippen MR) is 182 cm³/mol. The van der Waals surface area contributed by atoms with Crippen molar-refractivity contribution in [1.29, 1.82) is 0 Å². The number of rotatable bonds is 9. The summed E-state index contributed by atoms with van der Waals surface area (Å²) in [5, 5.41) is 3.77. The molecule has 0 radical (unpaired) electrons. The van der Waals surface area contributed by atoms with E-state index in [-0.39, 0.29) is 33.6 Å². The molecule has 1 atom stereocenters. The molecule has 2 amide bonds. The first-order valence-electron chi connectivity index (χ1n) is 15.9. The molecular formula is C37H37ClN2O6S. The minimum absolute atomic E-state index is 0.00376. The lowest BCUT2D eigenvalue weighted by Crippen LogP contribution is -2.36. The minimum atomic E-state index is -3.52. The van der Waals surface area contributed by atoms with Crippen molar-refractivity contribution in [2.45, 2.75) is 68.3 Å². The van der Waals surface area contributed by atoms with Gasteiger partial charge >= 0.3 is 0 Å². The molecule has 4 aromatic rings. The van der Waals surface area contributed by atoms with Crippen molar-refractivity contribution in [1.82, 2.24) is 10.2 Å². The van der Waals surface area contributed by atoms with Crippen LogP contribution in [0.4, 0.5) is 0 Å². The third kappa shape index (κ3) is 7.85. The van der Waals surface area contributed by atoms with Gasteiger partial charge in [0, 0.05) is 36.9 Å². The Bertz CT molecular complexity index is 2010. The second-order valence-corrected chi connectivity index (χ2v) is 15.0. The van der Waals surface area contributed by atoms with Gasteiger partial charge in [-0.25, -0.2) is 8.42 Å². The molecular weight excluding hydrogens is 636 g/mol. The van der Waals surface area contributed by atoms with Gasteiger partial charge in [0.2, 0.25) is 5.91 Å². The molecule has 6 rings (SSSR count). The van der Waals surface area contributed by atoms with Crippen LogP contribution in [0.15, 0.2) is 98.6 Å². The number of hydrogen-bond donors (Lipinski definition) is 1. The van der Waals surface area contributed by atoms with E-state index < -0.39 is 21.2 Å². The minimum Gasteiger partial charge on any atom is -0.451 e. The molecule has 0 unspecified atom stereocenters. The molecule has 0 spiro atoms. The molecule has 8 nitrogen and oxygen atoms in total. The van der Waals surface area contributed by atoms with Crippen molar-refractivity contribution in [3.63, 3.8) is 0 Å². The molecule has 1 aliphatic carbocycles. The topological polar surface area (TPSA) is 114 Å². The van der Waals surface area contributed by atoms with Gasteiger partial charge in [-0.3, -0.25) is 14.4 Å². The SMILES string of the molecule is CS(=O)(=O)c1ccc2oc(C(=O)N[C@@H](C=C3CCC(c4ccccc4CN4CCCC4=O)CC3)Cc3ccc(Cl)cc3)cc(=O)c2c1. The van der Waals surface area contributed by atoms with E-state index >= 15 is 0 Å². The van der Waals surface area contributed by atoms with Crippen molar-refractivity contribution < 1.29 is 22.4 Å². The van der Waals surface area contributed by atoms with E-state index in [0.29, 0.717) is 30.3 Å². The van der Waals surface area contributed by atoms with Gasteiger partial charge in [0.25, 0.3) is 5.91 Å². The van der Waals surface area contributed by atoms with Crippen molar-refractivity contribution >= 4 is 44.2 Å². The number of hydrogen-bond acceptors (Lipinski definition) is 6. The molecule has 2 aliphatic rings. The summed E-state index contributed by atoms with van der Waals surface area (Å²) in [6.07, 6.45) is 8.94. The Morgan fingerprint density at radius 3 is 2.47 bits per heavy atom. The van der Waals surface area contributed by atoms with E-state index in [2.05, 4.69) is 29.6 Å². The van der Waals surface area contributed by atoms with Gasteiger partial charge in [-0.15, -0.1) is 0 Å². The third-order valence-electron chi connectivity index (χ3n) is 9.13. The Labute approximate surface area is 279 Å².